The second kappa shape index (κ2) is 10.3. The van der Waals surface area contributed by atoms with Crippen molar-refractivity contribution in [2.45, 2.75) is 51.8 Å². The van der Waals surface area contributed by atoms with Crippen LogP contribution in [0.5, 0.6) is 5.75 Å². The van der Waals surface area contributed by atoms with Crippen molar-refractivity contribution in [2.24, 2.45) is 0 Å². The molecule has 0 N–H and O–H groups in total. The molecule has 1 amide bonds. The van der Waals surface area contributed by atoms with Crippen LogP contribution < -0.4 is 4.74 Å². The van der Waals surface area contributed by atoms with Gasteiger partial charge in [0.15, 0.2) is 13.2 Å². The van der Waals surface area contributed by atoms with Gasteiger partial charge in [0.1, 0.15) is 5.75 Å². The third kappa shape index (κ3) is 5.58. The van der Waals surface area contributed by atoms with Gasteiger partial charge in [0.05, 0.1) is 5.56 Å². The molecule has 0 aliphatic carbocycles. The highest BCUT2D eigenvalue weighted by Crippen LogP contribution is 2.23. The molecule has 8 heteroatoms. The lowest BCUT2D eigenvalue weighted by molar-refractivity contribution is -0.139. The second-order valence-corrected chi connectivity index (χ2v) is 8.20. The number of carbonyl (C=O) groups is 2. The van der Waals surface area contributed by atoms with E-state index in [0.29, 0.717) is 17.1 Å². The molecule has 2 aromatic carbocycles. The molecule has 1 aromatic heterocycles. The minimum atomic E-state index is -0.520. The molecule has 2 unspecified atom stereocenters. The zero-order valence-corrected chi connectivity index (χ0v) is 18.8. The Kier molecular flexibility index (Phi) is 7.02. The number of esters is 1. The van der Waals surface area contributed by atoms with E-state index in [2.05, 4.69) is 24.0 Å². The fraction of sp³-hybridized carbons (Fsp3) is 0.360. The molecule has 2 atom stereocenters. The zero-order chi connectivity index (χ0) is 23.2. The normalized spacial score (nSPS) is 18.1. The molecule has 0 radical (unpaired) electrons. The molecule has 1 saturated heterocycles. The number of ether oxygens (including phenoxy) is 2. The van der Waals surface area contributed by atoms with Gasteiger partial charge >= 0.3 is 5.97 Å². The Labute approximate surface area is 192 Å². The van der Waals surface area contributed by atoms with Crippen LogP contribution in [0.25, 0.3) is 11.4 Å². The molecule has 1 fully saturated rings. The highest BCUT2D eigenvalue weighted by molar-refractivity contribution is 5.89. The fourth-order valence-corrected chi connectivity index (χ4v) is 4.05. The highest BCUT2D eigenvalue weighted by atomic mass is 16.6. The van der Waals surface area contributed by atoms with E-state index in [9.17, 15) is 9.59 Å². The van der Waals surface area contributed by atoms with Gasteiger partial charge < -0.3 is 18.9 Å². The first kappa shape index (κ1) is 22.5. The molecule has 4 rings (SSSR count). The number of hydrogen-bond acceptors (Lipinski definition) is 7. The molecule has 1 aliphatic heterocycles. The number of aromatic nitrogens is 2. The maximum absolute atomic E-state index is 12.6. The first-order valence-corrected chi connectivity index (χ1v) is 11.1. The summed E-state index contributed by atoms with van der Waals surface area (Å²) in [5, 5.41) is 3.90. The molecule has 0 saturated carbocycles. The smallest absolute Gasteiger partial charge is 0.338 e. The lowest BCUT2D eigenvalue weighted by atomic mass is 9.97. The van der Waals surface area contributed by atoms with E-state index in [1.807, 2.05) is 35.2 Å². The SMILES string of the molecule is CC1CCCC(C)N1C(=O)COc1ccc(C(=O)OCc2nc(-c3ccccc3)no2)cc1. The van der Waals surface area contributed by atoms with Crippen LogP contribution in [0.2, 0.25) is 0 Å². The number of likely N-dealkylation sites (tertiary alicyclic amines) is 1. The first-order chi connectivity index (χ1) is 16.0. The summed E-state index contributed by atoms with van der Waals surface area (Å²) >= 11 is 0. The Hall–Kier alpha value is -3.68. The third-order valence-electron chi connectivity index (χ3n) is 5.76. The van der Waals surface area contributed by atoms with Gasteiger partial charge in [0.25, 0.3) is 11.8 Å². The van der Waals surface area contributed by atoms with Crippen LogP contribution in [0.3, 0.4) is 0 Å². The molecular formula is C25H27N3O5. The Morgan fingerprint density at radius 1 is 1.03 bits per heavy atom. The second-order valence-electron chi connectivity index (χ2n) is 8.20. The summed E-state index contributed by atoms with van der Waals surface area (Å²) in [7, 11) is 0. The van der Waals surface area contributed by atoms with Gasteiger partial charge in [0, 0.05) is 17.6 Å². The van der Waals surface area contributed by atoms with E-state index in [0.717, 1.165) is 24.8 Å². The Morgan fingerprint density at radius 2 is 1.73 bits per heavy atom. The van der Waals surface area contributed by atoms with Crippen LogP contribution >= 0.6 is 0 Å². The molecule has 1 aliphatic rings. The third-order valence-corrected chi connectivity index (χ3v) is 5.76. The van der Waals surface area contributed by atoms with Crippen LogP contribution in [0.4, 0.5) is 0 Å². The Balaban J connectivity index is 1.27. The average molecular weight is 450 g/mol. The van der Waals surface area contributed by atoms with Gasteiger partial charge in [-0.05, 0) is 57.4 Å². The summed E-state index contributed by atoms with van der Waals surface area (Å²) in [6.07, 6.45) is 3.18. The summed E-state index contributed by atoms with van der Waals surface area (Å²) in [5.41, 5.74) is 1.17. The number of amides is 1. The van der Waals surface area contributed by atoms with Gasteiger partial charge in [-0.25, -0.2) is 4.79 Å². The van der Waals surface area contributed by atoms with Crippen LogP contribution in [0.1, 0.15) is 49.4 Å². The summed E-state index contributed by atoms with van der Waals surface area (Å²) in [4.78, 5) is 31.1. The minimum Gasteiger partial charge on any atom is -0.484 e. The van der Waals surface area contributed by atoms with Gasteiger partial charge in [-0.3, -0.25) is 4.79 Å². The van der Waals surface area contributed by atoms with Crippen molar-refractivity contribution in [3.8, 4) is 17.1 Å². The number of nitrogens with zero attached hydrogens (tertiary/aromatic N) is 3. The Morgan fingerprint density at radius 3 is 2.42 bits per heavy atom. The summed E-state index contributed by atoms with van der Waals surface area (Å²) < 4.78 is 16.1. The molecule has 8 nitrogen and oxygen atoms in total. The topological polar surface area (TPSA) is 94.8 Å². The van der Waals surface area contributed by atoms with E-state index in [1.54, 1.807) is 24.3 Å². The van der Waals surface area contributed by atoms with Gasteiger partial charge in [0.2, 0.25) is 5.82 Å². The van der Waals surface area contributed by atoms with Gasteiger partial charge in [-0.15, -0.1) is 0 Å². The average Bonchev–Trinajstić information content (AvgIpc) is 3.31. The van der Waals surface area contributed by atoms with Crippen LogP contribution in [0, 0.1) is 0 Å². The zero-order valence-electron chi connectivity index (χ0n) is 18.8. The lowest BCUT2D eigenvalue weighted by Crippen LogP contribution is -2.49. The van der Waals surface area contributed by atoms with Crippen molar-refractivity contribution in [1.82, 2.24) is 15.0 Å². The van der Waals surface area contributed by atoms with Crippen molar-refractivity contribution < 1.29 is 23.6 Å². The minimum absolute atomic E-state index is 0.0207. The van der Waals surface area contributed by atoms with Crippen molar-refractivity contribution in [2.75, 3.05) is 6.61 Å². The number of benzene rings is 2. The van der Waals surface area contributed by atoms with Gasteiger partial charge in [-0.2, -0.15) is 4.98 Å². The van der Waals surface area contributed by atoms with Crippen LogP contribution in [0.15, 0.2) is 59.1 Å². The van der Waals surface area contributed by atoms with Gasteiger partial charge in [-0.1, -0.05) is 35.5 Å². The van der Waals surface area contributed by atoms with E-state index < -0.39 is 5.97 Å². The number of carbonyl (C=O) groups excluding carboxylic acids is 2. The molecule has 172 valence electrons. The predicted molar refractivity (Wildman–Crippen MR) is 120 cm³/mol. The van der Waals surface area contributed by atoms with E-state index in [4.69, 9.17) is 14.0 Å². The first-order valence-electron chi connectivity index (χ1n) is 11.1. The van der Waals surface area contributed by atoms with Crippen LogP contribution in [-0.4, -0.2) is 45.6 Å². The van der Waals surface area contributed by atoms with Crippen LogP contribution in [-0.2, 0) is 16.1 Å². The predicted octanol–water partition coefficient (Wildman–Crippen LogP) is 4.26. The summed E-state index contributed by atoms with van der Waals surface area (Å²) in [6.45, 7) is 3.99. The summed E-state index contributed by atoms with van der Waals surface area (Å²) in [6, 6.07) is 16.3. The standard InChI is InChI=1S/C25H27N3O5/c1-17-7-6-8-18(2)28(17)23(29)16-31-21-13-11-20(12-14-21)25(30)32-15-22-26-24(27-33-22)19-9-4-3-5-10-19/h3-5,9-14,17-18H,6-8,15-16H2,1-2H3. The quantitative estimate of drug-likeness (QED) is 0.497. The van der Waals surface area contributed by atoms with Crippen molar-refractivity contribution in [3.05, 3.63) is 66.1 Å². The molecule has 3 aromatic rings. The van der Waals surface area contributed by atoms with Crippen molar-refractivity contribution in [1.29, 1.82) is 0 Å². The highest BCUT2D eigenvalue weighted by Gasteiger charge is 2.29. The largest absolute Gasteiger partial charge is 0.484 e. The number of hydrogen-bond donors (Lipinski definition) is 0. The Bertz CT molecular complexity index is 1070. The molecule has 2 heterocycles. The monoisotopic (exact) mass is 449 g/mol. The maximum atomic E-state index is 12.6. The van der Waals surface area contributed by atoms with E-state index in [1.165, 1.54) is 0 Å². The van der Waals surface area contributed by atoms with E-state index in [-0.39, 0.29) is 37.1 Å². The summed E-state index contributed by atoms with van der Waals surface area (Å²) in [5.74, 6) is 0.621. The lowest BCUT2D eigenvalue weighted by Gasteiger charge is -2.38. The molecular weight excluding hydrogens is 422 g/mol. The van der Waals surface area contributed by atoms with Crippen molar-refractivity contribution in [3.63, 3.8) is 0 Å². The fourth-order valence-electron chi connectivity index (χ4n) is 4.05. The molecule has 0 bridgehead atoms. The number of piperidine rings is 1. The molecule has 33 heavy (non-hydrogen) atoms. The maximum Gasteiger partial charge on any atom is 0.338 e. The molecule has 0 spiro atoms. The number of rotatable bonds is 7. The van der Waals surface area contributed by atoms with Crippen molar-refractivity contribution >= 4 is 11.9 Å². The van der Waals surface area contributed by atoms with E-state index >= 15 is 0 Å².